The highest BCUT2D eigenvalue weighted by atomic mass is 32.2. The average Bonchev–Trinajstić information content (AvgIpc) is 2.78. The average molecular weight is 475 g/mol. The van der Waals surface area contributed by atoms with Crippen LogP contribution in [-0.2, 0) is 9.84 Å². The summed E-state index contributed by atoms with van der Waals surface area (Å²) in [4.78, 5) is 24.5. The van der Waals surface area contributed by atoms with Crippen LogP contribution in [0.2, 0.25) is 0 Å². The number of sulfone groups is 1. The summed E-state index contributed by atoms with van der Waals surface area (Å²) in [6, 6.07) is 6.81. The number of aromatic carboxylic acids is 1. The SMILES string of the molecule is CCCCCCCCOc1cc(S(=O)(=O)C(C)C)c2oc3ccc(C(=O)O)cc3c(=O)c2c1. The summed E-state index contributed by atoms with van der Waals surface area (Å²) in [6.07, 6.45) is 6.50. The lowest BCUT2D eigenvalue weighted by Gasteiger charge is -2.14. The Balaban J connectivity index is 2.07. The van der Waals surface area contributed by atoms with Crippen LogP contribution in [0.1, 0.15) is 69.7 Å². The third-order valence-electron chi connectivity index (χ3n) is 5.65. The van der Waals surface area contributed by atoms with Crippen molar-refractivity contribution in [2.45, 2.75) is 69.4 Å². The summed E-state index contributed by atoms with van der Waals surface area (Å²) in [7, 11) is -3.79. The third kappa shape index (κ3) is 5.38. The molecule has 0 aliphatic carbocycles. The number of carboxylic acid groups (broad SMARTS) is 1. The number of unbranched alkanes of at least 4 members (excludes halogenated alkanes) is 5. The molecule has 0 fully saturated rings. The van der Waals surface area contributed by atoms with Crippen LogP contribution in [0.5, 0.6) is 5.75 Å². The van der Waals surface area contributed by atoms with Crippen molar-refractivity contribution in [1.29, 1.82) is 0 Å². The second-order valence-electron chi connectivity index (χ2n) is 8.46. The van der Waals surface area contributed by atoms with Crippen molar-refractivity contribution in [3.05, 3.63) is 46.1 Å². The predicted molar refractivity (Wildman–Crippen MR) is 128 cm³/mol. The quantitative estimate of drug-likeness (QED) is 0.286. The Hall–Kier alpha value is -2.87. The van der Waals surface area contributed by atoms with Gasteiger partial charge in [-0.25, -0.2) is 13.2 Å². The number of ether oxygens (including phenoxy) is 1. The van der Waals surface area contributed by atoms with Crippen LogP contribution in [-0.4, -0.2) is 31.4 Å². The second kappa shape index (κ2) is 10.4. The molecule has 2 aromatic carbocycles. The van der Waals surface area contributed by atoms with E-state index in [4.69, 9.17) is 9.15 Å². The molecule has 8 heteroatoms. The summed E-state index contributed by atoms with van der Waals surface area (Å²) < 4.78 is 37.8. The number of fused-ring (bicyclic) bond motifs is 2. The number of carbonyl (C=O) groups is 1. The normalized spacial score (nSPS) is 12.0. The van der Waals surface area contributed by atoms with E-state index in [1.165, 1.54) is 49.6 Å². The third-order valence-corrected chi connectivity index (χ3v) is 7.81. The van der Waals surface area contributed by atoms with Gasteiger partial charge in [0.05, 0.1) is 28.2 Å². The summed E-state index contributed by atoms with van der Waals surface area (Å²) in [5, 5.41) is 8.65. The van der Waals surface area contributed by atoms with Crippen LogP contribution in [0.4, 0.5) is 0 Å². The molecule has 0 aliphatic heterocycles. The van der Waals surface area contributed by atoms with Crippen LogP contribution in [0.25, 0.3) is 21.9 Å². The summed E-state index contributed by atoms with van der Waals surface area (Å²) in [5.74, 6) is -0.896. The minimum atomic E-state index is -3.79. The molecule has 0 unspecified atom stereocenters. The molecular weight excluding hydrogens is 444 g/mol. The van der Waals surface area contributed by atoms with Crippen LogP contribution in [0.15, 0.2) is 44.4 Å². The van der Waals surface area contributed by atoms with Gasteiger partial charge in [-0.05, 0) is 44.5 Å². The van der Waals surface area contributed by atoms with Crippen molar-refractivity contribution in [2.24, 2.45) is 0 Å². The standard InChI is InChI=1S/C25H30O7S/c1-4-5-6-7-8-9-12-31-18-14-20-23(26)19-13-17(25(27)28)10-11-21(19)32-24(20)22(15-18)33(29,30)16(2)3/h10-11,13-16H,4-9,12H2,1-3H3,(H,27,28). The van der Waals surface area contributed by atoms with Crippen molar-refractivity contribution < 1.29 is 27.5 Å². The summed E-state index contributed by atoms with van der Waals surface area (Å²) in [6.45, 7) is 5.68. The maximum absolute atomic E-state index is 13.2. The molecule has 0 saturated carbocycles. The van der Waals surface area contributed by atoms with Gasteiger partial charge in [-0.3, -0.25) is 4.79 Å². The van der Waals surface area contributed by atoms with E-state index in [0.29, 0.717) is 6.61 Å². The first kappa shape index (κ1) is 24.8. The lowest BCUT2D eigenvalue weighted by atomic mass is 10.1. The number of rotatable bonds is 11. The van der Waals surface area contributed by atoms with Crippen molar-refractivity contribution >= 4 is 37.7 Å². The molecule has 0 radical (unpaired) electrons. The Morgan fingerprint density at radius 1 is 1.03 bits per heavy atom. The zero-order valence-corrected chi connectivity index (χ0v) is 20.0. The first-order chi connectivity index (χ1) is 15.7. The lowest BCUT2D eigenvalue weighted by molar-refractivity contribution is 0.0697. The Labute approximate surface area is 193 Å². The van der Waals surface area contributed by atoms with Crippen LogP contribution >= 0.6 is 0 Å². The molecule has 1 aromatic heterocycles. The van der Waals surface area contributed by atoms with Crippen LogP contribution < -0.4 is 10.2 Å². The largest absolute Gasteiger partial charge is 0.494 e. The summed E-state index contributed by atoms with van der Waals surface area (Å²) in [5.41, 5.74) is -0.478. The maximum atomic E-state index is 13.2. The van der Waals surface area contributed by atoms with Gasteiger partial charge in [0.1, 0.15) is 16.2 Å². The topological polar surface area (TPSA) is 111 Å². The fourth-order valence-corrected chi connectivity index (χ4v) is 4.85. The molecule has 0 bridgehead atoms. The Morgan fingerprint density at radius 3 is 2.39 bits per heavy atom. The van der Waals surface area contributed by atoms with E-state index < -0.39 is 26.5 Å². The highest BCUT2D eigenvalue weighted by Gasteiger charge is 2.26. The number of benzene rings is 2. The second-order valence-corrected chi connectivity index (χ2v) is 10.9. The van der Waals surface area contributed by atoms with Crippen molar-refractivity contribution in [3.63, 3.8) is 0 Å². The van der Waals surface area contributed by atoms with E-state index in [2.05, 4.69) is 6.92 Å². The molecule has 33 heavy (non-hydrogen) atoms. The molecule has 178 valence electrons. The van der Waals surface area contributed by atoms with Gasteiger partial charge in [-0.1, -0.05) is 39.0 Å². The van der Waals surface area contributed by atoms with Gasteiger partial charge in [0.25, 0.3) is 0 Å². The van der Waals surface area contributed by atoms with Gasteiger partial charge < -0.3 is 14.3 Å². The lowest BCUT2D eigenvalue weighted by Crippen LogP contribution is -2.16. The first-order valence-electron chi connectivity index (χ1n) is 11.3. The molecule has 0 amide bonds. The molecule has 0 spiro atoms. The zero-order chi connectivity index (χ0) is 24.2. The van der Waals surface area contributed by atoms with Gasteiger partial charge >= 0.3 is 5.97 Å². The van der Waals surface area contributed by atoms with Gasteiger partial charge in [-0.15, -0.1) is 0 Å². The van der Waals surface area contributed by atoms with Gasteiger partial charge in [0, 0.05) is 6.07 Å². The molecule has 0 saturated heterocycles. The smallest absolute Gasteiger partial charge is 0.335 e. The first-order valence-corrected chi connectivity index (χ1v) is 12.9. The van der Waals surface area contributed by atoms with E-state index in [0.717, 1.165) is 19.3 Å². The van der Waals surface area contributed by atoms with Crippen molar-refractivity contribution in [2.75, 3.05) is 6.61 Å². The van der Waals surface area contributed by atoms with E-state index in [1.807, 2.05) is 0 Å². The van der Waals surface area contributed by atoms with E-state index in [-0.39, 0.29) is 38.1 Å². The maximum Gasteiger partial charge on any atom is 0.335 e. The number of carboxylic acids is 1. The Bertz CT molecular complexity index is 1320. The zero-order valence-electron chi connectivity index (χ0n) is 19.2. The van der Waals surface area contributed by atoms with Gasteiger partial charge in [0.15, 0.2) is 15.4 Å². The van der Waals surface area contributed by atoms with E-state index >= 15 is 0 Å². The van der Waals surface area contributed by atoms with Crippen LogP contribution in [0, 0.1) is 0 Å². The van der Waals surface area contributed by atoms with E-state index in [9.17, 15) is 23.1 Å². The Morgan fingerprint density at radius 2 is 1.73 bits per heavy atom. The van der Waals surface area contributed by atoms with Gasteiger partial charge in [-0.2, -0.15) is 0 Å². The summed E-state index contributed by atoms with van der Waals surface area (Å²) >= 11 is 0. The predicted octanol–water partition coefficient (Wildman–Crippen LogP) is 5.57. The van der Waals surface area contributed by atoms with Crippen molar-refractivity contribution in [3.8, 4) is 5.75 Å². The van der Waals surface area contributed by atoms with Crippen LogP contribution in [0.3, 0.4) is 0 Å². The highest BCUT2D eigenvalue weighted by molar-refractivity contribution is 7.92. The molecule has 0 atom stereocenters. The number of hydrogen-bond donors (Lipinski definition) is 1. The minimum absolute atomic E-state index is 0.0452. The van der Waals surface area contributed by atoms with E-state index in [1.54, 1.807) is 13.8 Å². The van der Waals surface area contributed by atoms with Gasteiger partial charge in [0.2, 0.25) is 5.43 Å². The molecule has 1 heterocycles. The molecule has 0 aliphatic rings. The molecule has 3 aromatic rings. The Kier molecular flexibility index (Phi) is 7.79. The molecule has 7 nitrogen and oxygen atoms in total. The molecular formula is C25H30O7S. The van der Waals surface area contributed by atoms with Crippen molar-refractivity contribution in [1.82, 2.24) is 0 Å². The highest BCUT2D eigenvalue weighted by Crippen LogP contribution is 2.32. The fraction of sp³-hybridized carbons (Fsp3) is 0.440. The fourth-order valence-electron chi connectivity index (χ4n) is 3.66. The monoisotopic (exact) mass is 474 g/mol. The minimum Gasteiger partial charge on any atom is -0.494 e. The molecule has 1 N–H and O–H groups in total. The molecule has 3 rings (SSSR count). The number of hydrogen-bond acceptors (Lipinski definition) is 6.